The van der Waals surface area contributed by atoms with Crippen molar-refractivity contribution in [3.05, 3.63) is 23.8 Å². The fourth-order valence-electron chi connectivity index (χ4n) is 2.71. The van der Waals surface area contributed by atoms with Crippen LogP contribution in [0.25, 0.3) is 11.0 Å². The van der Waals surface area contributed by atoms with Crippen LogP contribution in [0.5, 0.6) is 0 Å². The molecule has 2 heterocycles. The lowest BCUT2D eigenvalue weighted by atomic mass is 10.2. The molecule has 0 saturated carbocycles. The van der Waals surface area contributed by atoms with Gasteiger partial charge in [-0.1, -0.05) is 6.07 Å². The van der Waals surface area contributed by atoms with Gasteiger partial charge in [0.15, 0.2) is 0 Å². The van der Waals surface area contributed by atoms with Crippen LogP contribution in [0, 0.1) is 5.92 Å². The van der Waals surface area contributed by atoms with Gasteiger partial charge in [-0.05, 0) is 30.0 Å². The number of carbonyl (C=O) groups is 1. The maximum atomic E-state index is 12.2. The molecule has 3 N–H and O–H groups in total. The summed E-state index contributed by atoms with van der Waals surface area (Å²) in [5.74, 6) is -0.169. The molecule has 1 aliphatic rings. The van der Waals surface area contributed by atoms with Crippen molar-refractivity contribution in [2.75, 3.05) is 18.8 Å². The van der Waals surface area contributed by atoms with Crippen LogP contribution >= 0.6 is 11.7 Å². The second kappa shape index (κ2) is 6.38. The maximum absolute atomic E-state index is 12.2. The number of primary sulfonamides is 1. The predicted molar refractivity (Wildman–Crippen MR) is 87.3 cm³/mol. The summed E-state index contributed by atoms with van der Waals surface area (Å²) in [6, 6.07) is 5.47. The SMILES string of the molecule is NS(=O)(=O)C[C@@H]1CCN(C(=O)NCc2ccc3nsnc3c2)C1. The number of benzene rings is 1. The number of nitrogens with zero attached hydrogens (tertiary/aromatic N) is 3. The number of rotatable bonds is 4. The fraction of sp³-hybridized carbons (Fsp3) is 0.462. The topological polar surface area (TPSA) is 118 Å². The molecule has 2 aromatic rings. The van der Waals surface area contributed by atoms with Crippen molar-refractivity contribution in [3.63, 3.8) is 0 Å². The van der Waals surface area contributed by atoms with Crippen LogP contribution in [0.4, 0.5) is 4.79 Å². The second-order valence-corrected chi connectivity index (χ2v) is 7.86. The standard InChI is InChI=1S/C13H17N5O3S2/c14-23(20,21)8-10-3-4-18(7-10)13(19)15-6-9-1-2-11-12(5-9)17-22-16-11/h1-2,5,10H,3-4,6-8H2,(H,15,19)(H2,14,20,21)/t10-/m1/s1. The highest BCUT2D eigenvalue weighted by atomic mass is 32.2. The third-order valence-electron chi connectivity index (χ3n) is 3.80. The lowest BCUT2D eigenvalue weighted by Crippen LogP contribution is -2.38. The first-order valence-electron chi connectivity index (χ1n) is 7.15. The van der Waals surface area contributed by atoms with E-state index in [0.29, 0.717) is 26.1 Å². The Morgan fingerprint density at radius 2 is 2.17 bits per heavy atom. The number of aromatic nitrogens is 2. The van der Waals surface area contributed by atoms with Crippen molar-refractivity contribution < 1.29 is 13.2 Å². The van der Waals surface area contributed by atoms with Gasteiger partial charge in [-0.2, -0.15) is 8.75 Å². The Labute approximate surface area is 138 Å². The molecule has 10 heteroatoms. The van der Waals surface area contributed by atoms with Crippen LogP contribution in [-0.4, -0.2) is 46.9 Å². The monoisotopic (exact) mass is 355 g/mol. The summed E-state index contributed by atoms with van der Waals surface area (Å²) < 4.78 is 30.5. The number of amides is 2. The van der Waals surface area contributed by atoms with E-state index in [-0.39, 0.29) is 17.7 Å². The second-order valence-electron chi connectivity index (χ2n) is 5.68. The Morgan fingerprint density at radius 3 is 2.96 bits per heavy atom. The Bertz CT molecular complexity index is 820. The summed E-state index contributed by atoms with van der Waals surface area (Å²) >= 11 is 1.16. The zero-order chi connectivity index (χ0) is 16.4. The number of nitrogens with one attached hydrogen (secondary N) is 1. The molecule has 1 aliphatic heterocycles. The largest absolute Gasteiger partial charge is 0.334 e. The molecule has 124 valence electrons. The van der Waals surface area contributed by atoms with Crippen LogP contribution in [0.3, 0.4) is 0 Å². The van der Waals surface area contributed by atoms with E-state index in [2.05, 4.69) is 14.1 Å². The highest BCUT2D eigenvalue weighted by molar-refractivity contribution is 7.89. The Balaban J connectivity index is 1.53. The number of fused-ring (bicyclic) bond motifs is 1. The van der Waals surface area contributed by atoms with Gasteiger partial charge in [-0.25, -0.2) is 18.4 Å². The van der Waals surface area contributed by atoms with E-state index < -0.39 is 10.0 Å². The number of likely N-dealkylation sites (tertiary alicyclic amines) is 1. The minimum absolute atomic E-state index is 0.0791. The summed E-state index contributed by atoms with van der Waals surface area (Å²) in [4.78, 5) is 13.8. The predicted octanol–water partition coefficient (Wildman–Crippen LogP) is 0.511. The molecule has 23 heavy (non-hydrogen) atoms. The van der Waals surface area contributed by atoms with E-state index in [1.165, 1.54) is 0 Å². The summed E-state index contributed by atoms with van der Waals surface area (Å²) in [5, 5.41) is 7.89. The van der Waals surface area contributed by atoms with E-state index in [1.54, 1.807) is 4.90 Å². The van der Waals surface area contributed by atoms with Gasteiger partial charge < -0.3 is 10.2 Å². The smallest absolute Gasteiger partial charge is 0.317 e. The lowest BCUT2D eigenvalue weighted by Gasteiger charge is -2.17. The van der Waals surface area contributed by atoms with Crippen LogP contribution < -0.4 is 10.5 Å². The molecule has 1 saturated heterocycles. The minimum Gasteiger partial charge on any atom is -0.334 e. The van der Waals surface area contributed by atoms with Gasteiger partial charge in [0.25, 0.3) is 0 Å². The van der Waals surface area contributed by atoms with Crippen LogP contribution in [0.15, 0.2) is 18.2 Å². The molecule has 0 radical (unpaired) electrons. The highest BCUT2D eigenvalue weighted by Gasteiger charge is 2.28. The van der Waals surface area contributed by atoms with E-state index in [9.17, 15) is 13.2 Å². The van der Waals surface area contributed by atoms with Gasteiger partial charge >= 0.3 is 6.03 Å². The average molecular weight is 355 g/mol. The highest BCUT2D eigenvalue weighted by Crippen LogP contribution is 2.18. The number of hydrogen-bond donors (Lipinski definition) is 2. The van der Waals surface area contributed by atoms with Gasteiger partial charge in [0, 0.05) is 19.6 Å². The Morgan fingerprint density at radius 1 is 1.39 bits per heavy atom. The van der Waals surface area contributed by atoms with E-state index in [4.69, 9.17) is 5.14 Å². The van der Waals surface area contributed by atoms with Crippen molar-refractivity contribution in [2.24, 2.45) is 11.1 Å². The summed E-state index contributed by atoms with van der Waals surface area (Å²) in [7, 11) is -3.50. The van der Waals surface area contributed by atoms with Gasteiger partial charge in [-0.15, -0.1) is 0 Å². The third-order valence-corrected chi connectivity index (χ3v) is 5.30. The number of sulfonamides is 1. The van der Waals surface area contributed by atoms with Crippen molar-refractivity contribution in [1.82, 2.24) is 19.0 Å². The molecule has 3 rings (SSSR count). The minimum atomic E-state index is -3.50. The molecular formula is C13H17N5O3S2. The van der Waals surface area contributed by atoms with E-state index in [0.717, 1.165) is 28.3 Å². The summed E-state index contributed by atoms with van der Waals surface area (Å²) in [6.07, 6.45) is 0.653. The molecule has 0 bridgehead atoms. The molecule has 8 nitrogen and oxygen atoms in total. The van der Waals surface area contributed by atoms with Crippen molar-refractivity contribution in [3.8, 4) is 0 Å². The Hall–Kier alpha value is -1.78. The molecular weight excluding hydrogens is 338 g/mol. The molecule has 1 atom stereocenters. The number of carbonyl (C=O) groups excluding carboxylic acids is 1. The van der Waals surface area contributed by atoms with Crippen molar-refractivity contribution in [1.29, 1.82) is 0 Å². The Kier molecular flexibility index (Phi) is 4.46. The molecule has 1 aromatic carbocycles. The summed E-state index contributed by atoms with van der Waals surface area (Å²) in [5.41, 5.74) is 2.60. The molecule has 1 fully saturated rings. The third kappa shape index (κ3) is 4.15. The first kappa shape index (κ1) is 16.1. The number of nitrogens with two attached hydrogens (primary N) is 1. The quantitative estimate of drug-likeness (QED) is 0.828. The first-order valence-corrected chi connectivity index (χ1v) is 9.60. The molecule has 2 amide bonds. The number of hydrogen-bond acceptors (Lipinski definition) is 6. The maximum Gasteiger partial charge on any atom is 0.317 e. The fourth-order valence-corrected chi connectivity index (χ4v) is 4.16. The molecule has 0 spiro atoms. The molecule has 0 aliphatic carbocycles. The molecule has 0 unspecified atom stereocenters. The average Bonchev–Trinajstić information content (AvgIpc) is 3.11. The zero-order valence-electron chi connectivity index (χ0n) is 12.3. The normalized spacial score (nSPS) is 18.5. The van der Waals surface area contributed by atoms with Crippen LogP contribution in [0.1, 0.15) is 12.0 Å². The van der Waals surface area contributed by atoms with Crippen molar-refractivity contribution >= 4 is 38.8 Å². The van der Waals surface area contributed by atoms with Gasteiger partial charge in [0.05, 0.1) is 17.5 Å². The first-order chi connectivity index (χ1) is 10.9. The van der Waals surface area contributed by atoms with Crippen LogP contribution in [-0.2, 0) is 16.6 Å². The van der Waals surface area contributed by atoms with Gasteiger partial charge in [-0.3, -0.25) is 0 Å². The molecule has 1 aromatic heterocycles. The van der Waals surface area contributed by atoms with Crippen molar-refractivity contribution in [2.45, 2.75) is 13.0 Å². The van der Waals surface area contributed by atoms with Crippen LogP contribution in [0.2, 0.25) is 0 Å². The van der Waals surface area contributed by atoms with E-state index >= 15 is 0 Å². The van der Waals surface area contributed by atoms with Gasteiger partial charge in [0.1, 0.15) is 11.0 Å². The van der Waals surface area contributed by atoms with Gasteiger partial charge in [0.2, 0.25) is 10.0 Å². The zero-order valence-corrected chi connectivity index (χ0v) is 13.9. The number of urea groups is 1. The lowest BCUT2D eigenvalue weighted by molar-refractivity contribution is 0.207. The van der Waals surface area contributed by atoms with E-state index in [1.807, 2.05) is 18.2 Å². The summed E-state index contributed by atoms with van der Waals surface area (Å²) in [6.45, 7) is 1.35.